The predicted molar refractivity (Wildman–Crippen MR) is 78.2 cm³/mol. The minimum Gasteiger partial charge on any atom is -0.379 e. The summed E-state index contributed by atoms with van der Waals surface area (Å²) in [5.74, 6) is 0.587. The van der Waals surface area contributed by atoms with E-state index in [9.17, 15) is 14.9 Å². The summed E-state index contributed by atoms with van der Waals surface area (Å²) in [6, 6.07) is 4.61. The monoisotopic (exact) mass is 276 g/mol. The highest BCUT2D eigenvalue weighted by molar-refractivity contribution is 5.95. The lowest BCUT2D eigenvalue weighted by Crippen LogP contribution is -2.08. The molecule has 0 unspecified atom stereocenters. The summed E-state index contributed by atoms with van der Waals surface area (Å²) in [5.41, 5.74) is 0.847. The van der Waals surface area contributed by atoms with Crippen molar-refractivity contribution < 1.29 is 9.72 Å². The molecular weight excluding hydrogens is 256 g/mol. The van der Waals surface area contributed by atoms with Crippen LogP contribution in [-0.4, -0.2) is 17.3 Å². The molecule has 1 saturated carbocycles. The average Bonchev–Trinajstić information content (AvgIpc) is 2.91. The number of hydrogen-bond donors (Lipinski definition) is 1. The fraction of sp³-hybridized carbons (Fsp3) is 0.533. The van der Waals surface area contributed by atoms with Crippen molar-refractivity contribution in [3.8, 4) is 0 Å². The number of nitrogens with one attached hydrogen (secondary N) is 1. The van der Waals surface area contributed by atoms with E-state index in [4.69, 9.17) is 0 Å². The summed E-state index contributed by atoms with van der Waals surface area (Å²) >= 11 is 0. The Bertz CT molecular complexity index is 508. The van der Waals surface area contributed by atoms with Crippen LogP contribution in [0.4, 0.5) is 11.4 Å². The van der Waals surface area contributed by atoms with Crippen LogP contribution < -0.4 is 5.32 Å². The lowest BCUT2D eigenvalue weighted by atomic mass is 10.0. The van der Waals surface area contributed by atoms with Gasteiger partial charge in [0.2, 0.25) is 0 Å². The zero-order valence-corrected chi connectivity index (χ0v) is 11.7. The number of carbonyl (C=O) groups is 1. The second-order valence-electron chi connectivity index (χ2n) is 5.41. The minimum absolute atomic E-state index is 0.0240. The molecule has 5 heteroatoms. The van der Waals surface area contributed by atoms with Gasteiger partial charge in [0.05, 0.1) is 4.92 Å². The summed E-state index contributed by atoms with van der Waals surface area (Å²) in [6.07, 6.45) is 6.20. The number of nitro benzene ring substituents is 1. The standard InChI is InChI=1S/C15H20N2O3/c1-11(18)13-6-7-14(15(10-13)17(19)20)16-9-8-12-4-2-3-5-12/h6-7,10,12,16H,2-5,8-9H2,1H3. The van der Waals surface area contributed by atoms with Crippen molar-refractivity contribution in [2.75, 3.05) is 11.9 Å². The van der Waals surface area contributed by atoms with E-state index in [0.717, 1.165) is 18.9 Å². The SMILES string of the molecule is CC(=O)c1ccc(NCCC2CCCC2)c([N+](=O)[O-])c1. The molecule has 5 nitrogen and oxygen atoms in total. The summed E-state index contributed by atoms with van der Waals surface area (Å²) < 4.78 is 0. The van der Waals surface area contributed by atoms with Crippen LogP contribution in [0.25, 0.3) is 0 Å². The van der Waals surface area contributed by atoms with E-state index in [1.54, 1.807) is 12.1 Å². The van der Waals surface area contributed by atoms with E-state index in [1.807, 2.05) is 0 Å². The Morgan fingerprint density at radius 3 is 2.70 bits per heavy atom. The number of ketones is 1. The fourth-order valence-corrected chi connectivity index (χ4v) is 2.76. The van der Waals surface area contributed by atoms with Crippen molar-refractivity contribution in [2.45, 2.75) is 39.0 Å². The van der Waals surface area contributed by atoms with Gasteiger partial charge in [-0.2, -0.15) is 0 Å². The number of nitrogens with zero attached hydrogens (tertiary/aromatic N) is 1. The molecule has 0 aromatic heterocycles. The maximum absolute atomic E-state index is 11.3. The van der Waals surface area contributed by atoms with Crippen LogP contribution in [-0.2, 0) is 0 Å². The van der Waals surface area contributed by atoms with Gasteiger partial charge in [0.15, 0.2) is 5.78 Å². The molecule has 0 radical (unpaired) electrons. The number of carbonyl (C=O) groups excluding carboxylic acids is 1. The highest BCUT2D eigenvalue weighted by Crippen LogP contribution is 2.29. The van der Waals surface area contributed by atoms with Crippen molar-refractivity contribution >= 4 is 17.2 Å². The second kappa shape index (κ2) is 6.50. The number of nitro groups is 1. The summed E-state index contributed by atoms with van der Waals surface area (Å²) in [5, 5.41) is 14.2. The molecule has 108 valence electrons. The molecule has 1 N–H and O–H groups in total. The molecule has 0 aliphatic heterocycles. The van der Waals surface area contributed by atoms with Crippen LogP contribution in [0.15, 0.2) is 18.2 Å². The first-order chi connectivity index (χ1) is 9.58. The van der Waals surface area contributed by atoms with Crippen molar-refractivity contribution in [3.63, 3.8) is 0 Å². The maximum Gasteiger partial charge on any atom is 0.293 e. The Balaban J connectivity index is 2.02. The van der Waals surface area contributed by atoms with Gasteiger partial charge in [0.25, 0.3) is 5.69 Å². The highest BCUT2D eigenvalue weighted by Gasteiger charge is 2.17. The molecule has 1 aromatic carbocycles. The van der Waals surface area contributed by atoms with Gasteiger partial charge < -0.3 is 5.32 Å². The molecule has 0 bridgehead atoms. The Morgan fingerprint density at radius 1 is 1.40 bits per heavy atom. The third kappa shape index (κ3) is 3.56. The first-order valence-electron chi connectivity index (χ1n) is 7.11. The smallest absolute Gasteiger partial charge is 0.293 e. The quantitative estimate of drug-likeness (QED) is 0.487. The Labute approximate surface area is 118 Å². The van der Waals surface area contributed by atoms with E-state index < -0.39 is 4.92 Å². The van der Waals surface area contributed by atoms with Crippen LogP contribution in [0.3, 0.4) is 0 Å². The van der Waals surface area contributed by atoms with Crippen LogP contribution >= 0.6 is 0 Å². The van der Waals surface area contributed by atoms with Gasteiger partial charge >= 0.3 is 0 Å². The van der Waals surface area contributed by atoms with Crippen LogP contribution in [0, 0.1) is 16.0 Å². The Hall–Kier alpha value is -1.91. The first kappa shape index (κ1) is 14.5. The molecule has 1 aromatic rings. The second-order valence-corrected chi connectivity index (χ2v) is 5.41. The number of benzene rings is 1. The Morgan fingerprint density at radius 2 is 2.10 bits per heavy atom. The third-order valence-electron chi connectivity index (χ3n) is 3.94. The van der Waals surface area contributed by atoms with Crippen molar-refractivity contribution in [1.82, 2.24) is 0 Å². The average molecular weight is 276 g/mol. The molecule has 2 rings (SSSR count). The Kier molecular flexibility index (Phi) is 4.71. The van der Waals surface area contributed by atoms with Gasteiger partial charge in [0, 0.05) is 18.2 Å². The van der Waals surface area contributed by atoms with Crippen molar-refractivity contribution in [2.24, 2.45) is 5.92 Å². The van der Waals surface area contributed by atoms with Crippen LogP contribution in [0.1, 0.15) is 49.4 Å². The lowest BCUT2D eigenvalue weighted by Gasteiger charge is -2.11. The molecule has 20 heavy (non-hydrogen) atoms. The van der Waals surface area contributed by atoms with Gasteiger partial charge in [-0.05, 0) is 31.4 Å². The van der Waals surface area contributed by atoms with Gasteiger partial charge in [-0.15, -0.1) is 0 Å². The van der Waals surface area contributed by atoms with E-state index in [1.165, 1.54) is 38.7 Å². The van der Waals surface area contributed by atoms with Crippen molar-refractivity contribution in [3.05, 3.63) is 33.9 Å². The maximum atomic E-state index is 11.3. The molecule has 0 atom stereocenters. The molecule has 1 aliphatic carbocycles. The number of hydrogen-bond acceptors (Lipinski definition) is 4. The molecule has 1 aliphatic rings. The van der Waals surface area contributed by atoms with Crippen LogP contribution in [0.5, 0.6) is 0 Å². The number of anilines is 1. The minimum atomic E-state index is -0.440. The molecule has 0 saturated heterocycles. The topological polar surface area (TPSA) is 72.2 Å². The first-order valence-corrected chi connectivity index (χ1v) is 7.11. The highest BCUT2D eigenvalue weighted by atomic mass is 16.6. The van der Waals surface area contributed by atoms with Gasteiger partial charge in [-0.3, -0.25) is 14.9 Å². The van der Waals surface area contributed by atoms with Gasteiger partial charge in [-0.1, -0.05) is 25.7 Å². The van der Waals surface area contributed by atoms with Gasteiger partial charge in [0.1, 0.15) is 5.69 Å². The van der Waals surface area contributed by atoms with Crippen molar-refractivity contribution in [1.29, 1.82) is 0 Å². The number of Topliss-reactive ketones (excluding diaryl/α,β-unsaturated/α-hetero) is 1. The largest absolute Gasteiger partial charge is 0.379 e. The van der Waals surface area contributed by atoms with E-state index >= 15 is 0 Å². The summed E-state index contributed by atoms with van der Waals surface area (Å²) in [6.45, 7) is 2.15. The molecule has 0 spiro atoms. The summed E-state index contributed by atoms with van der Waals surface area (Å²) in [4.78, 5) is 21.9. The normalized spacial score (nSPS) is 15.2. The lowest BCUT2D eigenvalue weighted by molar-refractivity contribution is -0.384. The van der Waals surface area contributed by atoms with E-state index in [0.29, 0.717) is 11.3 Å². The number of rotatable bonds is 6. The molecule has 0 amide bonds. The van der Waals surface area contributed by atoms with Crippen LogP contribution in [0.2, 0.25) is 0 Å². The zero-order valence-electron chi connectivity index (χ0n) is 11.7. The van der Waals surface area contributed by atoms with Gasteiger partial charge in [-0.25, -0.2) is 0 Å². The fourth-order valence-electron chi connectivity index (χ4n) is 2.76. The third-order valence-corrected chi connectivity index (χ3v) is 3.94. The predicted octanol–water partition coefficient (Wildman–Crippen LogP) is 3.79. The summed E-state index contributed by atoms with van der Waals surface area (Å²) in [7, 11) is 0. The zero-order chi connectivity index (χ0) is 14.5. The molecule has 1 fully saturated rings. The molecule has 0 heterocycles. The molecular formula is C15H20N2O3. The van der Waals surface area contributed by atoms with E-state index in [-0.39, 0.29) is 11.5 Å². The van der Waals surface area contributed by atoms with E-state index in [2.05, 4.69) is 5.32 Å².